The van der Waals surface area contributed by atoms with Gasteiger partial charge in [-0.15, -0.1) is 0 Å². The third-order valence-electron chi connectivity index (χ3n) is 4.41. The fourth-order valence-corrected chi connectivity index (χ4v) is 3.02. The Kier molecular flexibility index (Phi) is 7.67. The number of halogens is 1. The van der Waals surface area contributed by atoms with Gasteiger partial charge in [-0.1, -0.05) is 42.8 Å². The fourth-order valence-electron chi connectivity index (χ4n) is 2.89. The van der Waals surface area contributed by atoms with E-state index in [1.807, 2.05) is 43.3 Å². The first-order valence-corrected chi connectivity index (χ1v) is 9.24. The van der Waals surface area contributed by atoms with Crippen LogP contribution >= 0.6 is 11.6 Å². The summed E-state index contributed by atoms with van der Waals surface area (Å²) in [5, 5.41) is 3.29. The van der Waals surface area contributed by atoms with Crippen LogP contribution in [0.3, 0.4) is 0 Å². The van der Waals surface area contributed by atoms with E-state index in [4.69, 9.17) is 16.3 Å². The minimum atomic E-state index is -0.531. The summed E-state index contributed by atoms with van der Waals surface area (Å²) in [5.41, 5.74) is 1.79. The van der Waals surface area contributed by atoms with Crippen molar-refractivity contribution in [2.45, 2.75) is 32.4 Å². The molecular weight excluding hydrogens is 364 g/mol. The van der Waals surface area contributed by atoms with Crippen molar-refractivity contribution in [3.05, 3.63) is 64.7 Å². The lowest BCUT2D eigenvalue weighted by Crippen LogP contribution is -2.48. The van der Waals surface area contributed by atoms with Crippen molar-refractivity contribution in [1.82, 2.24) is 10.2 Å². The molecule has 2 amide bonds. The lowest BCUT2D eigenvalue weighted by Gasteiger charge is -2.30. The Labute approximate surface area is 165 Å². The maximum Gasteiger partial charge on any atom is 0.242 e. The quantitative estimate of drug-likeness (QED) is 0.753. The third-order valence-corrected chi connectivity index (χ3v) is 4.66. The van der Waals surface area contributed by atoms with Crippen LogP contribution in [-0.4, -0.2) is 36.9 Å². The number of hydrogen-bond acceptors (Lipinski definition) is 3. The number of amides is 2. The van der Waals surface area contributed by atoms with Gasteiger partial charge in [-0.3, -0.25) is 9.59 Å². The van der Waals surface area contributed by atoms with Crippen LogP contribution in [0.5, 0.6) is 5.75 Å². The lowest BCUT2D eigenvalue weighted by atomic mass is 10.1. The van der Waals surface area contributed by atoms with E-state index in [1.165, 1.54) is 0 Å². The SMILES string of the molecule is CC[C@H](C(=O)NC)N(Cc1ccc(Cl)cc1)C(=O)Cc1ccc(OC)cc1. The average Bonchev–Trinajstić information content (AvgIpc) is 2.69. The second-order valence-corrected chi connectivity index (χ2v) is 6.65. The number of nitrogens with one attached hydrogen (secondary N) is 1. The summed E-state index contributed by atoms with van der Waals surface area (Å²) in [5.74, 6) is 0.459. The molecular formula is C21H25ClN2O3. The molecule has 6 heteroatoms. The summed E-state index contributed by atoms with van der Waals surface area (Å²) < 4.78 is 5.15. The second kappa shape index (κ2) is 9.97. The topological polar surface area (TPSA) is 58.6 Å². The van der Waals surface area contributed by atoms with Gasteiger partial charge in [0.15, 0.2) is 0 Å². The Bertz CT molecular complexity index is 760. The van der Waals surface area contributed by atoms with E-state index in [1.54, 1.807) is 31.2 Å². The van der Waals surface area contributed by atoms with Gasteiger partial charge in [-0.05, 0) is 41.8 Å². The number of likely N-dealkylation sites (N-methyl/N-ethyl adjacent to an activating group) is 1. The van der Waals surface area contributed by atoms with Crippen LogP contribution in [0.15, 0.2) is 48.5 Å². The van der Waals surface area contributed by atoms with Crippen LogP contribution in [0.4, 0.5) is 0 Å². The summed E-state index contributed by atoms with van der Waals surface area (Å²) >= 11 is 5.95. The molecule has 0 aromatic heterocycles. The highest BCUT2D eigenvalue weighted by molar-refractivity contribution is 6.30. The highest BCUT2D eigenvalue weighted by Crippen LogP contribution is 2.18. The van der Waals surface area contributed by atoms with Crippen molar-refractivity contribution in [1.29, 1.82) is 0 Å². The van der Waals surface area contributed by atoms with Gasteiger partial charge in [0.1, 0.15) is 11.8 Å². The summed E-state index contributed by atoms with van der Waals surface area (Å²) in [6, 6.07) is 14.1. The van der Waals surface area contributed by atoms with E-state index in [9.17, 15) is 9.59 Å². The summed E-state index contributed by atoms with van der Waals surface area (Å²) in [4.78, 5) is 27.0. The fraction of sp³-hybridized carbons (Fsp3) is 0.333. The summed E-state index contributed by atoms with van der Waals surface area (Å²) in [6.45, 7) is 2.24. The molecule has 0 bridgehead atoms. The highest BCUT2D eigenvalue weighted by Gasteiger charge is 2.27. The number of ether oxygens (including phenoxy) is 1. The molecule has 1 atom stereocenters. The van der Waals surface area contributed by atoms with Crippen molar-refractivity contribution in [2.75, 3.05) is 14.2 Å². The largest absolute Gasteiger partial charge is 0.497 e. The van der Waals surface area contributed by atoms with Gasteiger partial charge in [0.25, 0.3) is 0 Å². The van der Waals surface area contributed by atoms with Crippen molar-refractivity contribution < 1.29 is 14.3 Å². The monoisotopic (exact) mass is 388 g/mol. The Hall–Kier alpha value is -2.53. The van der Waals surface area contributed by atoms with E-state index >= 15 is 0 Å². The number of carbonyl (C=O) groups excluding carboxylic acids is 2. The molecule has 0 aliphatic carbocycles. The van der Waals surface area contributed by atoms with Gasteiger partial charge in [0, 0.05) is 18.6 Å². The zero-order valence-electron chi connectivity index (χ0n) is 15.9. The first-order valence-electron chi connectivity index (χ1n) is 8.87. The Morgan fingerprint density at radius 3 is 2.19 bits per heavy atom. The van der Waals surface area contributed by atoms with Crippen molar-refractivity contribution in [3.63, 3.8) is 0 Å². The molecule has 2 rings (SSSR count). The zero-order valence-corrected chi connectivity index (χ0v) is 16.6. The van der Waals surface area contributed by atoms with Crippen LogP contribution in [0.2, 0.25) is 5.02 Å². The zero-order chi connectivity index (χ0) is 19.8. The number of methoxy groups -OCH3 is 1. The summed E-state index contributed by atoms with van der Waals surface area (Å²) in [7, 11) is 3.18. The average molecular weight is 389 g/mol. The van der Waals surface area contributed by atoms with Gasteiger partial charge in [-0.25, -0.2) is 0 Å². The first-order chi connectivity index (χ1) is 13.0. The van der Waals surface area contributed by atoms with Crippen LogP contribution < -0.4 is 10.1 Å². The predicted molar refractivity (Wildman–Crippen MR) is 107 cm³/mol. The molecule has 2 aromatic carbocycles. The van der Waals surface area contributed by atoms with Gasteiger partial charge in [0.05, 0.1) is 13.5 Å². The molecule has 144 valence electrons. The van der Waals surface area contributed by atoms with Gasteiger partial charge < -0.3 is 15.0 Å². The second-order valence-electron chi connectivity index (χ2n) is 6.21. The third kappa shape index (κ3) is 5.73. The number of nitrogens with zero attached hydrogens (tertiary/aromatic N) is 1. The number of hydrogen-bond donors (Lipinski definition) is 1. The maximum absolute atomic E-state index is 13.0. The number of carbonyl (C=O) groups is 2. The van der Waals surface area contributed by atoms with E-state index in [0.717, 1.165) is 16.9 Å². The Morgan fingerprint density at radius 2 is 1.67 bits per heavy atom. The van der Waals surface area contributed by atoms with Crippen LogP contribution in [-0.2, 0) is 22.6 Å². The van der Waals surface area contributed by atoms with E-state index in [-0.39, 0.29) is 18.2 Å². The van der Waals surface area contributed by atoms with Gasteiger partial charge in [-0.2, -0.15) is 0 Å². The lowest BCUT2D eigenvalue weighted by molar-refractivity contribution is -0.140. The van der Waals surface area contributed by atoms with Crippen molar-refractivity contribution in [2.24, 2.45) is 0 Å². The smallest absolute Gasteiger partial charge is 0.242 e. The van der Waals surface area contributed by atoms with E-state index in [2.05, 4.69) is 5.32 Å². The minimum absolute atomic E-state index is 0.106. The normalized spacial score (nSPS) is 11.6. The van der Waals surface area contributed by atoms with Gasteiger partial charge >= 0.3 is 0 Å². The molecule has 0 unspecified atom stereocenters. The highest BCUT2D eigenvalue weighted by atomic mass is 35.5. The molecule has 5 nitrogen and oxygen atoms in total. The van der Waals surface area contributed by atoms with E-state index in [0.29, 0.717) is 18.0 Å². The molecule has 27 heavy (non-hydrogen) atoms. The number of rotatable bonds is 8. The molecule has 2 aromatic rings. The van der Waals surface area contributed by atoms with Gasteiger partial charge in [0.2, 0.25) is 11.8 Å². The molecule has 0 heterocycles. The summed E-state index contributed by atoms with van der Waals surface area (Å²) in [6.07, 6.45) is 0.743. The van der Waals surface area contributed by atoms with Crippen molar-refractivity contribution in [3.8, 4) is 5.75 Å². The number of benzene rings is 2. The van der Waals surface area contributed by atoms with Crippen molar-refractivity contribution >= 4 is 23.4 Å². The predicted octanol–water partition coefficient (Wildman–Crippen LogP) is 3.44. The van der Waals surface area contributed by atoms with E-state index < -0.39 is 6.04 Å². The minimum Gasteiger partial charge on any atom is -0.497 e. The molecule has 0 aliphatic rings. The molecule has 1 N–H and O–H groups in total. The molecule has 0 saturated heterocycles. The maximum atomic E-state index is 13.0. The standard InChI is InChI=1S/C21H25ClN2O3/c1-4-19(21(26)23-2)24(14-16-5-9-17(22)10-6-16)20(25)13-15-7-11-18(27-3)12-8-15/h5-12,19H,4,13-14H2,1-3H3,(H,23,26)/t19-/m1/s1. The van der Waals surface area contributed by atoms with Crippen LogP contribution in [0, 0.1) is 0 Å². The Balaban J connectivity index is 2.24. The Morgan fingerprint density at radius 1 is 1.07 bits per heavy atom. The first kappa shape index (κ1) is 20.8. The molecule has 0 fully saturated rings. The van der Waals surface area contributed by atoms with Crippen LogP contribution in [0.25, 0.3) is 0 Å². The molecule has 0 spiro atoms. The van der Waals surface area contributed by atoms with Crippen LogP contribution in [0.1, 0.15) is 24.5 Å². The molecule has 0 aliphatic heterocycles. The molecule has 0 saturated carbocycles. The molecule has 0 radical (unpaired) electrons.